The molecule has 0 atom stereocenters. The molecule has 0 rings (SSSR count). The molecule has 0 N–H and O–H groups in total. The van der Waals surface area contributed by atoms with Gasteiger partial charge >= 0.3 is 105 Å². The molecule has 0 fully saturated rings. The predicted octanol–water partition coefficient (Wildman–Crippen LogP) is 7.79. The minimum absolute atomic E-state index is 1.45. The summed E-state index contributed by atoms with van der Waals surface area (Å²) in [5, 5.41) is 0. The summed E-state index contributed by atoms with van der Waals surface area (Å²) in [6.07, 6.45) is 0. The molecule has 114 valence electrons. The van der Waals surface area contributed by atoms with E-state index in [0.717, 1.165) is 0 Å². The quantitative estimate of drug-likeness (QED) is 0.396. The summed E-state index contributed by atoms with van der Waals surface area (Å²) in [5.41, 5.74) is 0. The first-order valence-electron chi connectivity index (χ1n) is 7.45. The van der Waals surface area contributed by atoms with Crippen molar-refractivity contribution < 1.29 is 10.7 Å². The van der Waals surface area contributed by atoms with Crippen LogP contribution in [0.15, 0.2) is 0 Å². The maximum absolute atomic E-state index is 3.51. The van der Waals surface area contributed by atoms with E-state index in [-0.39, 0.29) is 0 Å². The molecule has 0 aliphatic carbocycles. The van der Waals surface area contributed by atoms with Gasteiger partial charge in [0, 0.05) is 0 Å². The third-order valence-electron chi connectivity index (χ3n) is 8.85. The van der Waals surface area contributed by atoms with E-state index < -0.39 is 10.7 Å². The van der Waals surface area contributed by atoms with Gasteiger partial charge in [-0.3, -0.25) is 0 Å². The summed E-state index contributed by atoms with van der Waals surface area (Å²) in [4.78, 5) is 11.6. The van der Waals surface area contributed by atoms with Crippen molar-refractivity contribution in [3.63, 3.8) is 0 Å². The van der Waals surface area contributed by atoms with Gasteiger partial charge in [0.25, 0.3) is 0 Å². The molecule has 0 radical (unpaired) electrons. The van der Waals surface area contributed by atoms with E-state index in [4.69, 9.17) is 0 Å². The third-order valence-corrected chi connectivity index (χ3v) is 52.4. The van der Waals surface area contributed by atoms with Crippen LogP contribution in [0.1, 0.15) is 55.4 Å². The van der Waals surface area contributed by atoms with E-state index in [1.807, 2.05) is 0 Å². The number of hydrogen-bond donors (Lipinski definition) is 0. The Morgan fingerprint density at radius 2 is 0.471 bits per heavy atom. The van der Waals surface area contributed by atoms with Gasteiger partial charge in [-0.25, -0.2) is 0 Å². The molecule has 0 aromatic rings. The Morgan fingerprint density at radius 3 is 0.471 bits per heavy atom. The van der Waals surface area contributed by atoms with Crippen LogP contribution >= 0.6 is 0 Å². The topological polar surface area (TPSA) is 0 Å². The second kappa shape index (κ2) is 3.04. The standard InChI is InChI=1S/8C2H5.Pd/c8*1-2;/h8*1H2,2H3;. The van der Waals surface area contributed by atoms with Crippen LogP contribution in [-0.4, -0.2) is 0 Å². The molecule has 0 aromatic carbocycles. The molecule has 0 heterocycles. The average molecular weight is 339 g/mol. The van der Waals surface area contributed by atoms with Crippen LogP contribution in [0.2, 0.25) is 39.1 Å². The Balaban J connectivity index is 7.21. The van der Waals surface area contributed by atoms with Gasteiger partial charge in [0.15, 0.2) is 0 Å². The van der Waals surface area contributed by atoms with E-state index in [2.05, 4.69) is 55.4 Å². The van der Waals surface area contributed by atoms with Crippen molar-refractivity contribution in [2.75, 3.05) is 0 Å². The summed E-state index contributed by atoms with van der Waals surface area (Å²) < 4.78 is 0. The van der Waals surface area contributed by atoms with Crippen LogP contribution in [0, 0.1) is 0 Å². The fourth-order valence-corrected chi connectivity index (χ4v) is 26.2. The monoisotopic (exact) mass is 338 g/mol. The van der Waals surface area contributed by atoms with Crippen LogP contribution in [0.25, 0.3) is 0 Å². The van der Waals surface area contributed by atoms with E-state index >= 15 is 0 Å². The molecule has 0 saturated heterocycles. The van der Waals surface area contributed by atoms with Gasteiger partial charge in [0.05, 0.1) is 0 Å². The molecule has 0 saturated carbocycles. The molecular formula is C16H40Pd. The maximum atomic E-state index is 2.53. The fraction of sp³-hybridized carbons (Fsp3) is 1.00. The van der Waals surface area contributed by atoms with Gasteiger partial charge in [0.2, 0.25) is 0 Å². The van der Waals surface area contributed by atoms with Crippen molar-refractivity contribution in [3.8, 4) is 0 Å². The second-order valence-corrected chi connectivity index (χ2v) is 36.8. The fourth-order valence-electron chi connectivity index (χ4n) is 4.43. The van der Waals surface area contributed by atoms with Crippen LogP contribution in [0.3, 0.4) is 0 Å². The van der Waals surface area contributed by atoms with Gasteiger partial charge in [-0.2, -0.15) is 0 Å². The molecule has 0 spiro atoms. The predicted molar refractivity (Wildman–Crippen MR) is 83.8 cm³/mol. The average Bonchev–Trinajstić information content (AvgIpc) is 2.48. The second-order valence-electron chi connectivity index (χ2n) is 6.22. The number of rotatable bonds is 8. The summed E-state index contributed by atoms with van der Waals surface area (Å²) in [5.74, 6) is 0. The molecule has 0 bridgehead atoms. The van der Waals surface area contributed by atoms with Crippen molar-refractivity contribution >= 4 is 0 Å². The zero-order valence-electron chi connectivity index (χ0n) is 14.0. The van der Waals surface area contributed by atoms with Gasteiger partial charge in [0.1, 0.15) is 0 Å². The Kier molecular flexibility index (Phi) is 3.16. The van der Waals surface area contributed by atoms with Crippen molar-refractivity contribution in [1.82, 2.24) is 0 Å². The van der Waals surface area contributed by atoms with Crippen molar-refractivity contribution in [2.45, 2.75) is 94.5 Å². The molecule has 0 nitrogen and oxygen atoms in total. The zero-order valence-corrected chi connectivity index (χ0v) is 15.5. The Morgan fingerprint density at radius 1 is 0.353 bits per heavy atom. The first-order chi connectivity index (χ1) is 7.66. The molecular weight excluding hydrogens is 299 g/mol. The van der Waals surface area contributed by atoms with Crippen LogP contribution in [0.5, 0.6) is 0 Å². The number of hydrogen-bond acceptors (Lipinski definition) is 0. The normalized spacial score (nSPS) is 22.1. The van der Waals surface area contributed by atoms with Crippen LogP contribution in [0.4, 0.5) is 0 Å². The molecule has 1 heteroatoms. The molecule has 0 aliphatic rings. The Bertz CT molecular complexity index is 219. The van der Waals surface area contributed by atoms with Gasteiger partial charge in [-0.1, -0.05) is 0 Å². The van der Waals surface area contributed by atoms with Gasteiger partial charge in [-0.15, -0.1) is 0 Å². The van der Waals surface area contributed by atoms with Crippen LogP contribution in [-0.2, 0) is 10.7 Å². The zero-order chi connectivity index (χ0) is 14.0. The Labute approximate surface area is 105 Å². The van der Waals surface area contributed by atoms with E-state index in [9.17, 15) is 0 Å². The summed E-state index contributed by atoms with van der Waals surface area (Å²) >= 11 is 0. The van der Waals surface area contributed by atoms with Crippen LogP contribution < -0.4 is 0 Å². The first-order valence-corrected chi connectivity index (χ1v) is 16.2. The van der Waals surface area contributed by atoms with Crippen molar-refractivity contribution in [3.05, 3.63) is 0 Å². The molecule has 0 aliphatic heterocycles. The van der Waals surface area contributed by atoms with Crippen molar-refractivity contribution in [1.29, 1.82) is 0 Å². The third kappa shape index (κ3) is 1.12. The summed E-state index contributed by atoms with van der Waals surface area (Å²) in [6, 6.07) is 0. The first kappa shape index (κ1) is 17.7. The molecule has 0 amide bonds. The van der Waals surface area contributed by atoms with E-state index in [0.29, 0.717) is 0 Å². The Hall–Kier alpha value is 0.662. The summed E-state index contributed by atoms with van der Waals surface area (Å²) in [6.45, 7) is 20.2. The molecule has 17 heavy (non-hydrogen) atoms. The minimum atomic E-state index is -3.51. The summed E-state index contributed by atoms with van der Waals surface area (Å²) in [7, 11) is -3.51. The molecule has 0 aromatic heterocycles. The molecule has 0 unspecified atom stereocenters. The van der Waals surface area contributed by atoms with E-state index in [1.54, 1.807) is 0 Å². The SMILES string of the molecule is C[CH2][Pd]([CH2]C)([CH2]C)([CH2]C)([CH2]C)([CH2]C)([CH2]C)[CH2]C. The van der Waals surface area contributed by atoms with Gasteiger partial charge < -0.3 is 0 Å². The van der Waals surface area contributed by atoms with Crippen molar-refractivity contribution in [2.24, 2.45) is 0 Å². The van der Waals surface area contributed by atoms with E-state index in [1.165, 1.54) is 39.1 Å². The van der Waals surface area contributed by atoms with Gasteiger partial charge in [-0.05, 0) is 0 Å².